The molecule has 0 amide bonds. The predicted octanol–water partition coefficient (Wildman–Crippen LogP) is 2.76. The average Bonchev–Trinajstić information content (AvgIpc) is 2.30. The number of hydrogen-bond donors (Lipinski definition) is 0. The summed E-state index contributed by atoms with van der Waals surface area (Å²) in [5, 5.41) is 0. The number of unbranched alkanes of at least 4 members (excludes halogenated alkanes) is 1. The number of carbonyl (C=O) groups excluding carboxylic acids is 2. The Hall–Kier alpha value is -1.64. The van der Waals surface area contributed by atoms with Crippen molar-refractivity contribution in [2.45, 2.75) is 26.7 Å². The number of aldehydes is 1. The minimum atomic E-state index is -0.352. The van der Waals surface area contributed by atoms with Gasteiger partial charge in [-0.1, -0.05) is 25.5 Å². The standard InChI is InChI=1S/C13H16O3/c1-3-4-7-16-13(15)12-8-11(9-14)6-5-10(12)2/h5-6,8-9H,3-4,7H2,1-2H3. The summed E-state index contributed by atoms with van der Waals surface area (Å²) < 4.78 is 5.09. The summed E-state index contributed by atoms with van der Waals surface area (Å²) in [6.07, 6.45) is 2.57. The quantitative estimate of drug-likeness (QED) is 0.435. The lowest BCUT2D eigenvalue weighted by atomic mass is 10.1. The van der Waals surface area contributed by atoms with Crippen molar-refractivity contribution < 1.29 is 14.3 Å². The van der Waals surface area contributed by atoms with Gasteiger partial charge in [-0.2, -0.15) is 0 Å². The molecule has 0 aliphatic rings. The average molecular weight is 220 g/mol. The van der Waals surface area contributed by atoms with E-state index in [1.165, 1.54) is 0 Å². The van der Waals surface area contributed by atoms with Crippen LogP contribution in [0.4, 0.5) is 0 Å². The van der Waals surface area contributed by atoms with Crippen LogP contribution in [0.5, 0.6) is 0 Å². The second-order valence-corrected chi connectivity index (χ2v) is 3.68. The Morgan fingerprint density at radius 2 is 2.19 bits per heavy atom. The third kappa shape index (κ3) is 3.19. The second kappa shape index (κ2) is 6.05. The van der Waals surface area contributed by atoms with E-state index in [0.717, 1.165) is 24.7 Å². The maximum atomic E-state index is 11.7. The highest BCUT2D eigenvalue weighted by atomic mass is 16.5. The highest BCUT2D eigenvalue weighted by Crippen LogP contribution is 2.11. The highest BCUT2D eigenvalue weighted by molar-refractivity contribution is 5.93. The van der Waals surface area contributed by atoms with Crippen molar-refractivity contribution in [3.63, 3.8) is 0 Å². The first-order valence-corrected chi connectivity index (χ1v) is 5.42. The van der Waals surface area contributed by atoms with Gasteiger partial charge in [0.1, 0.15) is 6.29 Å². The summed E-state index contributed by atoms with van der Waals surface area (Å²) >= 11 is 0. The van der Waals surface area contributed by atoms with Crippen LogP contribution in [0.15, 0.2) is 18.2 Å². The van der Waals surface area contributed by atoms with Crippen LogP contribution in [0.3, 0.4) is 0 Å². The fraction of sp³-hybridized carbons (Fsp3) is 0.385. The van der Waals surface area contributed by atoms with Crippen LogP contribution in [-0.2, 0) is 4.74 Å². The number of rotatable bonds is 5. The molecule has 0 N–H and O–H groups in total. The Morgan fingerprint density at radius 3 is 2.81 bits per heavy atom. The molecule has 3 heteroatoms. The van der Waals surface area contributed by atoms with Gasteiger partial charge >= 0.3 is 5.97 Å². The molecule has 0 fully saturated rings. The monoisotopic (exact) mass is 220 g/mol. The van der Waals surface area contributed by atoms with E-state index in [-0.39, 0.29) is 5.97 Å². The molecule has 0 bridgehead atoms. The molecule has 0 heterocycles. The van der Waals surface area contributed by atoms with Crippen LogP contribution in [0, 0.1) is 6.92 Å². The van der Waals surface area contributed by atoms with Gasteiger partial charge in [-0.25, -0.2) is 4.79 Å². The molecule has 0 aromatic heterocycles. The number of esters is 1. The molecule has 16 heavy (non-hydrogen) atoms. The highest BCUT2D eigenvalue weighted by Gasteiger charge is 2.10. The Bertz CT molecular complexity index is 383. The van der Waals surface area contributed by atoms with Crippen molar-refractivity contribution in [3.05, 3.63) is 34.9 Å². The molecule has 0 spiro atoms. The van der Waals surface area contributed by atoms with Crippen molar-refractivity contribution in [2.24, 2.45) is 0 Å². The summed E-state index contributed by atoms with van der Waals surface area (Å²) in [5.41, 5.74) is 1.79. The predicted molar refractivity (Wildman–Crippen MR) is 61.8 cm³/mol. The van der Waals surface area contributed by atoms with Gasteiger partial charge in [0, 0.05) is 5.56 Å². The minimum Gasteiger partial charge on any atom is -0.462 e. The van der Waals surface area contributed by atoms with Crippen molar-refractivity contribution in [1.82, 2.24) is 0 Å². The maximum absolute atomic E-state index is 11.7. The fourth-order valence-electron chi connectivity index (χ4n) is 1.32. The molecule has 0 radical (unpaired) electrons. The van der Waals surface area contributed by atoms with Gasteiger partial charge < -0.3 is 4.74 Å². The summed E-state index contributed by atoms with van der Waals surface area (Å²) in [5.74, 6) is -0.352. The van der Waals surface area contributed by atoms with Gasteiger partial charge in [-0.3, -0.25) is 4.79 Å². The van der Waals surface area contributed by atoms with Crippen LogP contribution in [-0.4, -0.2) is 18.9 Å². The third-order valence-electron chi connectivity index (χ3n) is 2.35. The molecular weight excluding hydrogens is 204 g/mol. The van der Waals surface area contributed by atoms with E-state index in [1.54, 1.807) is 18.2 Å². The van der Waals surface area contributed by atoms with Crippen LogP contribution in [0.2, 0.25) is 0 Å². The second-order valence-electron chi connectivity index (χ2n) is 3.68. The zero-order chi connectivity index (χ0) is 12.0. The van der Waals surface area contributed by atoms with Crippen molar-refractivity contribution in [1.29, 1.82) is 0 Å². The molecule has 1 aromatic carbocycles. The van der Waals surface area contributed by atoms with Crippen LogP contribution in [0.1, 0.15) is 46.0 Å². The molecule has 1 aromatic rings. The first kappa shape index (κ1) is 12.4. The summed E-state index contributed by atoms with van der Waals surface area (Å²) in [6, 6.07) is 5.00. The van der Waals surface area contributed by atoms with Crippen molar-refractivity contribution >= 4 is 12.3 Å². The number of aryl methyl sites for hydroxylation is 1. The lowest BCUT2D eigenvalue weighted by Crippen LogP contribution is -2.08. The van der Waals surface area contributed by atoms with Gasteiger partial charge in [-0.15, -0.1) is 0 Å². The largest absolute Gasteiger partial charge is 0.462 e. The summed E-state index contributed by atoms with van der Waals surface area (Å²) in [7, 11) is 0. The van der Waals surface area contributed by atoms with Gasteiger partial charge in [0.25, 0.3) is 0 Å². The van der Waals surface area contributed by atoms with E-state index >= 15 is 0 Å². The molecule has 0 saturated carbocycles. The first-order valence-electron chi connectivity index (χ1n) is 5.42. The third-order valence-corrected chi connectivity index (χ3v) is 2.35. The number of carbonyl (C=O) groups is 2. The normalized spacial score (nSPS) is 9.88. The zero-order valence-electron chi connectivity index (χ0n) is 9.66. The molecule has 0 unspecified atom stereocenters. The lowest BCUT2D eigenvalue weighted by molar-refractivity contribution is 0.0499. The van der Waals surface area contributed by atoms with Crippen LogP contribution in [0.25, 0.3) is 0 Å². The Labute approximate surface area is 95.4 Å². The first-order chi connectivity index (χ1) is 7.69. The number of benzene rings is 1. The van der Waals surface area contributed by atoms with Crippen molar-refractivity contribution in [2.75, 3.05) is 6.61 Å². The van der Waals surface area contributed by atoms with E-state index < -0.39 is 0 Å². The smallest absolute Gasteiger partial charge is 0.338 e. The van der Waals surface area contributed by atoms with E-state index in [9.17, 15) is 9.59 Å². The van der Waals surface area contributed by atoms with Crippen molar-refractivity contribution in [3.8, 4) is 0 Å². The molecule has 3 nitrogen and oxygen atoms in total. The topological polar surface area (TPSA) is 43.4 Å². The van der Waals surface area contributed by atoms with E-state index in [4.69, 9.17) is 4.74 Å². The van der Waals surface area contributed by atoms with Gasteiger partial charge in [0.05, 0.1) is 12.2 Å². The molecular formula is C13H16O3. The summed E-state index contributed by atoms with van der Waals surface area (Å²) in [4.78, 5) is 22.3. The lowest BCUT2D eigenvalue weighted by Gasteiger charge is -2.06. The zero-order valence-corrected chi connectivity index (χ0v) is 9.66. The molecule has 0 aliphatic carbocycles. The van der Waals surface area contributed by atoms with Crippen LogP contribution >= 0.6 is 0 Å². The molecule has 1 rings (SSSR count). The Morgan fingerprint density at radius 1 is 1.44 bits per heavy atom. The van der Waals surface area contributed by atoms with Crippen LogP contribution < -0.4 is 0 Å². The molecule has 0 saturated heterocycles. The summed E-state index contributed by atoms with van der Waals surface area (Å²) in [6.45, 7) is 4.29. The maximum Gasteiger partial charge on any atom is 0.338 e. The van der Waals surface area contributed by atoms with E-state index in [1.807, 2.05) is 13.8 Å². The molecule has 0 aliphatic heterocycles. The van der Waals surface area contributed by atoms with E-state index in [2.05, 4.69) is 0 Å². The fourth-order valence-corrected chi connectivity index (χ4v) is 1.32. The number of hydrogen-bond acceptors (Lipinski definition) is 3. The molecule has 0 atom stereocenters. The molecule has 86 valence electrons. The van der Waals surface area contributed by atoms with E-state index in [0.29, 0.717) is 17.7 Å². The Balaban J connectivity index is 2.77. The minimum absolute atomic E-state index is 0.352. The van der Waals surface area contributed by atoms with Gasteiger partial charge in [-0.05, 0) is 25.0 Å². The number of ether oxygens (including phenoxy) is 1. The SMILES string of the molecule is CCCCOC(=O)c1cc(C=O)ccc1C. The Kier molecular flexibility index (Phi) is 4.70. The van der Waals surface area contributed by atoms with Gasteiger partial charge in [0.2, 0.25) is 0 Å². The van der Waals surface area contributed by atoms with Gasteiger partial charge in [0.15, 0.2) is 0 Å².